The molecular formula is C9H9ClN5O2-. The van der Waals surface area contributed by atoms with Crippen LogP contribution in [0.15, 0.2) is 11.3 Å². The van der Waals surface area contributed by atoms with Gasteiger partial charge in [-0.1, -0.05) is 18.5 Å². The number of aliphatic carboxylic acids is 1. The maximum Gasteiger partial charge on any atom is 0.175 e. The predicted octanol–water partition coefficient (Wildman–Crippen LogP) is -0.134. The highest BCUT2D eigenvalue weighted by atomic mass is 35.5. The lowest BCUT2D eigenvalue weighted by molar-refractivity contribution is -0.309. The van der Waals surface area contributed by atoms with Gasteiger partial charge in [0.2, 0.25) is 0 Å². The molecule has 0 radical (unpaired) electrons. The van der Waals surface area contributed by atoms with Crippen LogP contribution in [0.3, 0.4) is 0 Å². The summed E-state index contributed by atoms with van der Waals surface area (Å²) in [7, 11) is 0. The van der Waals surface area contributed by atoms with Crippen molar-refractivity contribution in [1.29, 1.82) is 0 Å². The van der Waals surface area contributed by atoms with Gasteiger partial charge in [-0.15, -0.1) is 0 Å². The van der Waals surface area contributed by atoms with Crippen molar-refractivity contribution >= 4 is 34.9 Å². The smallest absolute Gasteiger partial charge is 0.175 e. The van der Waals surface area contributed by atoms with Crippen molar-refractivity contribution in [3.05, 3.63) is 11.5 Å². The van der Waals surface area contributed by atoms with E-state index < -0.39 is 11.9 Å². The number of aromatic nitrogens is 2. The molecule has 1 aromatic heterocycles. The maximum atomic E-state index is 10.9. The molecule has 0 aromatic carbocycles. The summed E-state index contributed by atoms with van der Waals surface area (Å²) in [5, 5.41) is 11.1. The van der Waals surface area contributed by atoms with Gasteiger partial charge in [-0.2, -0.15) is 0 Å². The summed E-state index contributed by atoms with van der Waals surface area (Å²) < 4.78 is 0. The number of halogens is 1. The summed E-state index contributed by atoms with van der Waals surface area (Å²) in [5.74, 6) is -1.39. The van der Waals surface area contributed by atoms with Gasteiger partial charge in [0.15, 0.2) is 11.0 Å². The van der Waals surface area contributed by atoms with Crippen LogP contribution in [-0.2, 0) is 4.79 Å². The number of anilines is 1. The third-order valence-electron chi connectivity index (χ3n) is 2.34. The zero-order chi connectivity index (χ0) is 12.4. The van der Waals surface area contributed by atoms with E-state index in [4.69, 9.17) is 11.6 Å². The number of carboxylic acids is 1. The number of hydrazine groups is 1. The minimum absolute atomic E-state index is 0.162. The van der Waals surface area contributed by atoms with Gasteiger partial charge in [0, 0.05) is 0 Å². The Kier molecular flexibility index (Phi) is 3.10. The number of carbonyl (C=O) groups is 1. The van der Waals surface area contributed by atoms with Crippen LogP contribution in [0.2, 0.25) is 5.15 Å². The summed E-state index contributed by atoms with van der Waals surface area (Å²) in [6.07, 6.45) is 1.64. The lowest BCUT2D eigenvalue weighted by atomic mass is 10.1. The topological polar surface area (TPSA) is 102 Å². The van der Waals surface area contributed by atoms with Crippen LogP contribution in [0.1, 0.15) is 13.3 Å². The summed E-state index contributed by atoms with van der Waals surface area (Å²) in [4.78, 5) is 22.7. The van der Waals surface area contributed by atoms with E-state index in [2.05, 4.69) is 25.8 Å². The number of hydrogen-bond donors (Lipinski definition) is 2. The minimum Gasteiger partial charge on any atom is -0.549 e. The van der Waals surface area contributed by atoms with Gasteiger partial charge >= 0.3 is 0 Å². The predicted molar refractivity (Wildman–Crippen MR) is 59.7 cm³/mol. The van der Waals surface area contributed by atoms with E-state index in [0.717, 1.165) is 0 Å². The molecule has 0 saturated carbocycles. The van der Waals surface area contributed by atoms with E-state index in [1.165, 1.54) is 6.33 Å². The monoisotopic (exact) mass is 254 g/mol. The van der Waals surface area contributed by atoms with Crippen molar-refractivity contribution in [2.24, 2.45) is 10.9 Å². The molecule has 0 spiro atoms. The molecule has 0 amide bonds. The first-order valence-corrected chi connectivity index (χ1v) is 5.33. The maximum absolute atomic E-state index is 10.9. The summed E-state index contributed by atoms with van der Waals surface area (Å²) >= 11 is 5.85. The molecule has 8 heteroatoms. The molecule has 17 heavy (non-hydrogen) atoms. The van der Waals surface area contributed by atoms with E-state index in [9.17, 15) is 9.90 Å². The molecule has 1 aromatic rings. The number of hydrogen-bond acceptors (Lipinski definition) is 7. The third-order valence-corrected chi connectivity index (χ3v) is 2.62. The number of fused-ring (bicyclic) bond motifs is 1. The fourth-order valence-electron chi connectivity index (χ4n) is 1.46. The SMILES string of the molecule is CCC(C(=O)[O-])C1=Nc2c(Cl)ncnc2NN1. The molecule has 1 aliphatic rings. The van der Waals surface area contributed by atoms with Crippen LogP contribution in [0.25, 0.3) is 0 Å². The second-order valence-electron chi connectivity index (χ2n) is 3.39. The van der Waals surface area contributed by atoms with Gasteiger partial charge in [-0.05, 0) is 6.42 Å². The van der Waals surface area contributed by atoms with Crippen molar-refractivity contribution in [2.75, 3.05) is 5.43 Å². The zero-order valence-electron chi connectivity index (χ0n) is 8.90. The van der Waals surface area contributed by atoms with Gasteiger partial charge in [0.05, 0.1) is 11.9 Å². The Morgan fingerprint density at radius 1 is 1.53 bits per heavy atom. The zero-order valence-corrected chi connectivity index (χ0v) is 9.65. The number of carbonyl (C=O) groups excluding carboxylic acids is 1. The highest BCUT2D eigenvalue weighted by Crippen LogP contribution is 2.31. The van der Waals surface area contributed by atoms with Crippen molar-refractivity contribution in [1.82, 2.24) is 15.4 Å². The first-order chi connectivity index (χ1) is 8.13. The van der Waals surface area contributed by atoms with Crippen molar-refractivity contribution < 1.29 is 9.90 Å². The number of aliphatic imine (C=N–C) groups is 1. The van der Waals surface area contributed by atoms with E-state index in [-0.39, 0.29) is 11.0 Å². The molecule has 1 atom stereocenters. The summed E-state index contributed by atoms with van der Waals surface area (Å²) in [6.45, 7) is 1.73. The van der Waals surface area contributed by atoms with E-state index in [0.29, 0.717) is 17.9 Å². The van der Waals surface area contributed by atoms with Crippen LogP contribution in [0, 0.1) is 5.92 Å². The Morgan fingerprint density at radius 3 is 2.94 bits per heavy atom. The number of amidine groups is 1. The van der Waals surface area contributed by atoms with Crippen LogP contribution >= 0.6 is 11.6 Å². The second-order valence-corrected chi connectivity index (χ2v) is 3.75. The van der Waals surface area contributed by atoms with Gasteiger partial charge in [0.1, 0.15) is 17.9 Å². The quantitative estimate of drug-likeness (QED) is 0.728. The Morgan fingerprint density at radius 2 is 2.29 bits per heavy atom. The molecule has 1 unspecified atom stereocenters. The highest BCUT2D eigenvalue weighted by Gasteiger charge is 2.22. The van der Waals surface area contributed by atoms with Gasteiger partial charge in [-0.3, -0.25) is 10.9 Å². The largest absolute Gasteiger partial charge is 0.549 e. The molecular weight excluding hydrogens is 246 g/mol. The Bertz CT molecular complexity index is 490. The number of carboxylic acid groups (broad SMARTS) is 1. The normalized spacial score (nSPS) is 15.1. The van der Waals surface area contributed by atoms with Crippen molar-refractivity contribution in [3.63, 3.8) is 0 Å². The molecule has 0 bridgehead atoms. The molecule has 0 saturated heterocycles. The van der Waals surface area contributed by atoms with Gasteiger partial charge in [-0.25, -0.2) is 15.0 Å². The van der Waals surface area contributed by atoms with Crippen molar-refractivity contribution in [2.45, 2.75) is 13.3 Å². The Labute approximate surface area is 102 Å². The minimum atomic E-state index is -1.20. The van der Waals surface area contributed by atoms with E-state index in [1.54, 1.807) is 6.92 Å². The molecule has 2 heterocycles. The second kappa shape index (κ2) is 4.54. The lowest BCUT2D eigenvalue weighted by Gasteiger charge is -2.24. The molecule has 1 aliphatic heterocycles. The standard InChI is InChI=1S/C9H10ClN5O2/c1-2-4(9(16)17)7-13-5-6(10)11-3-12-8(5)15-14-7/h3-4H,2H2,1H3,(H,13,14)(H,16,17)(H,11,12,15)/p-1. The average Bonchev–Trinajstić information content (AvgIpc) is 2.30. The molecule has 7 nitrogen and oxygen atoms in total. The molecule has 0 aliphatic carbocycles. The molecule has 90 valence electrons. The number of nitrogens with one attached hydrogen (secondary N) is 2. The number of nitrogens with zero attached hydrogens (tertiary/aromatic N) is 3. The molecule has 0 fully saturated rings. The molecule has 2 N–H and O–H groups in total. The fourth-order valence-corrected chi connectivity index (χ4v) is 1.63. The lowest BCUT2D eigenvalue weighted by Crippen LogP contribution is -2.45. The van der Waals surface area contributed by atoms with Crippen molar-refractivity contribution in [3.8, 4) is 0 Å². The Balaban J connectivity index is 2.41. The first kappa shape index (κ1) is 11.6. The van der Waals surface area contributed by atoms with Gasteiger partial charge < -0.3 is 9.90 Å². The van der Waals surface area contributed by atoms with Crippen LogP contribution in [0.5, 0.6) is 0 Å². The highest BCUT2D eigenvalue weighted by molar-refractivity contribution is 6.32. The summed E-state index contributed by atoms with van der Waals surface area (Å²) in [6, 6.07) is 0. The first-order valence-electron chi connectivity index (χ1n) is 4.95. The van der Waals surface area contributed by atoms with Crippen LogP contribution in [0.4, 0.5) is 11.5 Å². The molecule has 2 rings (SSSR count). The van der Waals surface area contributed by atoms with Gasteiger partial charge in [0.25, 0.3) is 0 Å². The summed E-state index contributed by atoms with van der Waals surface area (Å²) in [5.41, 5.74) is 5.70. The average molecular weight is 255 g/mol. The van der Waals surface area contributed by atoms with Crippen LogP contribution < -0.4 is 16.0 Å². The third kappa shape index (κ3) is 2.14. The van der Waals surface area contributed by atoms with Crippen LogP contribution in [-0.4, -0.2) is 21.8 Å². The van der Waals surface area contributed by atoms with E-state index in [1.807, 2.05) is 0 Å². The number of rotatable bonds is 3. The Hall–Kier alpha value is -1.89. The fraction of sp³-hybridized carbons (Fsp3) is 0.333. The van der Waals surface area contributed by atoms with E-state index >= 15 is 0 Å².